The first-order valence-electron chi connectivity index (χ1n) is 4.07. The lowest BCUT2D eigenvalue weighted by Crippen LogP contribution is -3.00. The van der Waals surface area contributed by atoms with Gasteiger partial charge in [0, 0.05) is 5.57 Å². The largest absolute Gasteiger partial charge is 1.00 e. The number of nitrogens with one attached hydrogen (secondary N) is 1. The maximum atomic E-state index is 11.0. The minimum absolute atomic E-state index is 0. The molecule has 0 aromatic carbocycles. The van der Waals surface area contributed by atoms with Crippen LogP contribution in [0.5, 0.6) is 0 Å². The summed E-state index contributed by atoms with van der Waals surface area (Å²) in [6.07, 6.45) is 0. The van der Waals surface area contributed by atoms with Crippen molar-refractivity contribution in [1.82, 2.24) is 5.32 Å². The van der Waals surface area contributed by atoms with Gasteiger partial charge in [-0.3, -0.25) is 4.79 Å². The third-order valence-corrected chi connectivity index (χ3v) is 1.46. The second kappa shape index (κ2) is 6.37. The van der Waals surface area contributed by atoms with Crippen molar-refractivity contribution in [3.05, 3.63) is 12.2 Å². The van der Waals surface area contributed by atoms with Gasteiger partial charge in [-0.25, -0.2) is 0 Å². The zero-order chi connectivity index (χ0) is 9.78. The number of rotatable bonds is 4. The Morgan fingerprint density at radius 1 is 1.38 bits per heavy atom. The third-order valence-electron chi connectivity index (χ3n) is 1.46. The van der Waals surface area contributed by atoms with Gasteiger partial charge in [0.1, 0.15) is 0 Å². The van der Waals surface area contributed by atoms with Gasteiger partial charge in [-0.15, -0.1) is 0 Å². The Hall–Kier alpha value is -0.100. The van der Waals surface area contributed by atoms with Crippen molar-refractivity contribution >= 4 is 5.91 Å². The summed E-state index contributed by atoms with van der Waals surface area (Å²) in [5.74, 6) is -0.0524. The molecule has 78 valence electrons. The first-order chi connectivity index (χ1) is 5.33. The standard InChI is InChI=1S/C9H18N2O.HI/c1-8(2)9(12)10-6-7-11(3,4)5;/h1,6-7H2,2-5H3;1H. The fraction of sp³-hybridized carbons (Fsp3) is 0.667. The molecule has 0 rings (SSSR count). The molecule has 0 aliphatic carbocycles. The molecule has 0 bridgehead atoms. The molecule has 0 aromatic heterocycles. The van der Waals surface area contributed by atoms with Crippen molar-refractivity contribution in [2.75, 3.05) is 34.2 Å². The van der Waals surface area contributed by atoms with Gasteiger partial charge < -0.3 is 33.8 Å². The Labute approximate surface area is 97.8 Å². The minimum atomic E-state index is -0.0524. The van der Waals surface area contributed by atoms with E-state index < -0.39 is 0 Å². The quantitative estimate of drug-likeness (QED) is 0.344. The van der Waals surface area contributed by atoms with Crippen LogP contribution in [0.4, 0.5) is 0 Å². The van der Waals surface area contributed by atoms with Gasteiger partial charge in [-0.1, -0.05) is 6.58 Å². The number of hydrogen-bond donors (Lipinski definition) is 1. The third kappa shape index (κ3) is 9.82. The first kappa shape index (κ1) is 15.4. The second-order valence-electron chi connectivity index (χ2n) is 4.05. The van der Waals surface area contributed by atoms with Gasteiger partial charge in [0.25, 0.3) is 0 Å². The van der Waals surface area contributed by atoms with E-state index in [2.05, 4.69) is 33.0 Å². The molecule has 0 unspecified atom stereocenters. The molecule has 0 fully saturated rings. The molecule has 13 heavy (non-hydrogen) atoms. The summed E-state index contributed by atoms with van der Waals surface area (Å²) in [6.45, 7) is 6.90. The number of quaternary nitrogens is 1. The van der Waals surface area contributed by atoms with Crippen LogP contribution in [0.1, 0.15) is 6.92 Å². The highest BCUT2D eigenvalue weighted by Crippen LogP contribution is 1.88. The van der Waals surface area contributed by atoms with E-state index in [0.29, 0.717) is 12.1 Å². The first-order valence-corrected chi connectivity index (χ1v) is 4.07. The Bertz CT molecular complexity index is 185. The summed E-state index contributed by atoms with van der Waals surface area (Å²) >= 11 is 0. The summed E-state index contributed by atoms with van der Waals surface area (Å²) in [4.78, 5) is 11.0. The van der Waals surface area contributed by atoms with Crippen LogP contribution in [0.3, 0.4) is 0 Å². The van der Waals surface area contributed by atoms with Crippen LogP contribution in [0.25, 0.3) is 0 Å². The van der Waals surface area contributed by atoms with Gasteiger partial charge >= 0.3 is 0 Å². The molecule has 3 nitrogen and oxygen atoms in total. The van der Waals surface area contributed by atoms with Crippen LogP contribution in [0, 0.1) is 0 Å². The highest BCUT2D eigenvalue weighted by Gasteiger charge is 2.07. The van der Waals surface area contributed by atoms with Crippen molar-refractivity contribution < 1.29 is 33.3 Å². The van der Waals surface area contributed by atoms with Crippen LogP contribution in [0.15, 0.2) is 12.2 Å². The summed E-state index contributed by atoms with van der Waals surface area (Å²) in [5.41, 5.74) is 0.566. The molecule has 0 aromatic rings. The average Bonchev–Trinajstić information content (AvgIpc) is 1.84. The zero-order valence-corrected chi connectivity index (χ0v) is 11.0. The highest BCUT2D eigenvalue weighted by atomic mass is 127. The van der Waals surface area contributed by atoms with E-state index in [9.17, 15) is 4.79 Å². The molecule has 0 heterocycles. The second-order valence-corrected chi connectivity index (χ2v) is 4.05. The SMILES string of the molecule is C=C(C)C(=O)NCC[N+](C)(C)C.[I-]. The zero-order valence-electron chi connectivity index (χ0n) is 8.85. The van der Waals surface area contributed by atoms with Crippen molar-refractivity contribution in [2.24, 2.45) is 0 Å². The predicted molar refractivity (Wildman–Crippen MR) is 50.7 cm³/mol. The molecule has 0 saturated carbocycles. The lowest BCUT2D eigenvalue weighted by atomic mass is 10.3. The molecule has 1 amide bonds. The monoisotopic (exact) mass is 298 g/mol. The number of halogens is 1. The average molecular weight is 298 g/mol. The van der Waals surface area contributed by atoms with Gasteiger partial charge in [0.15, 0.2) is 0 Å². The van der Waals surface area contributed by atoms with E-state index >= 15 is 0 Å². The lowest BCUT2D eigenvalue weighted by molar-refractivity contribution is -0.869. The number of carbonyl (C=O) groups is 1. The predicted octanol–water partition coefficient (Wildman–Crippen LogP) is -2.61. The molecule has 0 aliphatic heterocycles. The van der Waals surface area contributed by atoms with E-state index in [0.717, 1.165) is 11.0 Å². The number of hydrogen-bond acceptors (Lipinski definition) is 1. The van der Waals surface area contributed by atoms with Crippen LogP contribution >= 0.6 is 0 Å². The molecule has 0 spiro atoms. The summed E-state index contributed by atoms with van der Waals surface area (Å²) in [7, 11) is 6.27. The number of amides is 1. The Balaban J connectivity index is 0. The molecule has 0 radical (unpaired) electrons. The van der Waals surface area contributed by atoms with Gasteiger partial charge in [0.2, 0.25) is 5.91 Å². The smallest absolute Gasteiger partial charge is 0.246 e. The van der Waals surface area contributed by atoms with Gasteiger partial charge in [0.05, 0.1) is 34.2 Å². The summed E-state index contributed by atoms with van der Waals surface area (Å²) in [6, 6.07) is 0. The number of nitrogens with zero attached hydrogens (tertiary/aromatic N) is 1. The minimum Gasteiger partial charge on any atom is -1.00 e. The van der Waals surface area contributed by atoms with E-state index in [1.54, 1.807) is 6.92 Å². The Morgan fingerprint density at radius 2 is 1.85 bits per heavy atom. The molecule has 0 atom stereocenters. The molecule has 1 N–H and O–H groups in total. The van der Waals surface area contributed by atoms with E-state index in [4.69, 9.17) is 0 Å². The van der Waals surface area contributed by atoms with Crippen LogP contribution in [-0.4, -0.2) is 44.6 Å². The van der Waals surface area contributed by atoms with Crippen LogP contribution in [-0.2, 0) is 4.79 Å². The van der Waals surface area contributed by atoms with Crippen LogP contribution in [0.2, 0.25) is 0 Å². The van der Waals surface area contributed by atoms with E-state index in [1.807, 2.05) is 0 Å². The lowest BCUT2D eigenvalue weighted by Gasteiger charge is -2.23. The fourth-order valence-electron chi connectivity index (χ4n) is 0.656. The van der Waals surface area contributed by atoms with Gasteiger partial charge in [-0.2, -0.15) is 0 Å². The highest BCUT2D eigenvalue weighted by molar-refractivity contribution is 5.91. The van der Waals surface area contributed by atoms with E-state index in [-0.39, 0.29) is 29.9 Å². The van der Waals surface area contributed by atoms with Crippen LogP contribution < -0.4 is 29.3 Å². The normalized spacial score (nSPS) is 10.2. The molecular formula is C9H19IN2O. The number of likely N-dealkylation sites (N-methyl/N-ethyl adjacent to an activating group) is 1. The number of carbonyl (C=O) groups excluding carboxylic acids is 1. The van der Waals surface area contributed by atoms with Gasteiger partial charge in [-0.05, 0) is 6.92 Å². The maximum Gasteiger partial charge on any atom is 0.246 e. The summed E-state index contributed by atoms with van der Waals surface area (Å²) < 4.78 is 0.858. The topological polar surface area (TPSA) is 29.1 Å². The Kier molecular flexibility index (Phi) is 7.53. The van der Waals surface area contributed by atoms with Crippen molar-refractivity contribution in [3.63, 3.8) is 0 Å². The van der Waals surface area contributed by atoms with Crippen molar-refractivity contribution in [3.8, 4) is 0 Å². The maximum absolute atomic E-state index is 11.0. The molecule has 4 heteroatoms. The summed E-state index contributed by atoms with van der Waals surface area (Å²) in [5, 5.41) is 2.78. The van der Waals surface area contributed by atoms with Crippen molar-refractivity contribution in [2.45, 2.75) is 6.92 Å². The Morgan fingerprint density at radius 3 is 2.15 bits per heavy atom. The molecule has 0 aliphatic rings. The van der Waals surface area contributed by atoms with Crippen molar-refractivity contribution in [1.29, 1.82) is 0 Å². The molecular weight excluding hydrogens is 279 g/mol. The van der Waals surface area contributed by atoms with E-state index in [1.165, 1.54) is 0 Å². The fourth-order valence-corrected chi connectivity index (χ4v) is 0.656. The molecule has 0 saturated heterocycles.